The molecule has 4 rings (SSSR count). The second-order valence-corrected chi connectivity index (χ2v) is 7.10. The van der Waals surface area contributed by atoms with Gasteiger partial charge in [-0.1, -0.05) is 31.0 Å². The summed E-state index contributed by atoms with van der Waals surface area (Å²) in [5, 5.41) is 5.48. The van der Waals surface area contributed by atoms with Crippen molar-refractivity contribution in [2.24, 2.45) is 0 Å². The molecule has 1 spiro atoms. The molecular formula is C21H21N3O4. The van der Waals surface area contributed by atoms with Crippen LogP contribution in [0.4, 0.5) is 10.5 Å². The van der Waals surface area contributed by atoms with E-state index in [1.807, 2.05) is 30.3 Å². The first-order valence-corrected chi connectivity index (χ1v) is 9.33. The molecule has 7 nitrogen and oxygen atoms in total. The van der Waals surface area contributed by atoms with Crippen molar-refractivity contribution in [2.45, 2.75) is 31.2 Å². The molecule has 0 atom stereocenters. The fourth-order valence-electron chi connectivity index (χ4n) is 3.71. The molecule has 2 aromatic rings. The van der Waals surface area contributed by atoms with E-state index in [0.29, 0.717) is 24.3 Å². The number of amides is 4. The van der Waals surface area contributed by atoms with Crippen LogP contribution in [0.15, 0.2) is 54.6 Å². The van der Waals surface area contributed by atoms with Crippen molar-refractivity contribution in [1.29, 1.82) is 0 Å². The summed E-state index contributed by atoms with van der Waals surface area (Å²) >= 11 is 0. The molecule has 0 radical (unpaired) electrons. The SMILES string of the molecule is O=C(CN1C(=O)NC2(CCCC2)C1=O)Nc1ccc(Oc2ccccc2)cc1. The predicted molar refractivity (Wildman–Crippen MR) is 103 cm³/mol. The van der Waals surface area contributed by atoms with Crippen molar-refractivity contribution in [2.75, 3.05) is 11.9 Å². The van der Waals surface area contributed by atoms with E-state index in [4.69, 9.17) is 4.74 Å². The van der Waals surface area contributed by atoms with E-state index in [2.05, 4.69) is 10.6 Å². The normalized spacial score (nSPS) is 17.6. The van der Waals surface area contributed by atoms with Crippen LogP contribution in [-0.4, -0.2) is 34.8 Å². The molecule has 2 aliphatic rings. The standard InChI is InChI=1S/C21H21N3O4/c25-18(14-24-19(26)21(23-20(24)27)12-4-5-13-21)22-15-8-10-17(11-9-15)28-16-6-2-1-3-7-16/h1-3,6-11H,4-5,12-14H2,(H,22,25)(H,23,27). The number of imide groups is 1. The largest absolute Gasteiger partial charge is 0.457 e. The summed E-state index contributed by atoms with van der Waals surface area (Å²) in [6, 6.07) is 15.8. The van der Waals surface area contributed by atoms with Gasteiger partial charge < -0.3 is 15.4 Å². The third kappa shape index (κ3) is 3.55. The Hall–Kier alpha value is -3.35. The number of rotatable bonds is 5. The minimum atomic E-state index is -0.798. The first kappa shape index (κ1) is 18.0. The van der Waals surface area contributed by atoms with Crippen LogP contribution in [0.2, 0.25) is 0 Å². The highest BCUT2D eigenvalue weighted by Gasteiger charge is 2.52. The maximum Gasteiger partial charge on any atom is 0.325 e. The minimum Gasteiger partial charge on any atom is -0.457 e. The van der Waals surface area contributed by atoms with Gasteiger partial charge in [-0.25, -0.2) is 4.79 Å². The van der Waals surface area contributed by atoms with Crippen molar-refractivity contribution >= 4 is 23.5 Å². The van der Waals surface area contributed by atoms with E-state index in [-0.39, 0.29) is 12.5 Å². The summed E-state index contributed by atoms with van der Waals surface area (Å²) in [5.74, 6) is 0.646. The third-order valence-corrected chi connectivity index (χ3v) is 5.12. The molecule has 0 unspecified atom stereocenters. The second-order valence-electron chi connectivity index (χ2n) is 7.10. The molecular weight excluding hydrogens is 358 g/mol. The van der Waals surface area contributed by atoms with Gasteiger partial charge in [0, 0.05) is 5.69 Å². The predicted octanol–water partition coefficient (Wildman–Crippen LogP) is 3.28. The van der Waals surface area contributed by atoms with Crippen molar-refractivity contribution in [3.05, 3.63) is 54.6 Å². The van der Waals surface area contributed by atoms with Crippen molar-refractivity contribution in [1.82, 2.24) is 10.2 Å². The highest BCUT2D eigenvalue weighted by Crippen LogP contribution is 2.35. The molecule has 2 fully saturated rings. The average Bonchev–Trinajstić information content (AvgIpc) is 3.25. The van der Waals surface area contributed by atoms with Crippen molar-refractivity contribution < 1.29 is 19.1 Å². The number of nitrogens with one attached hydrogen (secondary N) is 2. The third-order valence-electron chi connectivity index (χ3n) is 5.12. The summed E-state index contributed by atoms with van der Waals surface area (Å²) < 4.78 is 5.71. The van der Waals surface area contributed by atoms with Gasteiger partial charge in [0.1, 0.15) is 23.6 Å². The Morgan fingerprint density at radius 3 is 2.32 bits per heavy atom. The molecule has 2 N–H and O–H groups in total. The lowest BCUT2D eigenvalue weighted by atomic mass is 9.98. The minimum absolute atomic E-state index is 0.295. The lowest BCUT2D eigenvalue weighted by Gasteiger charge is -2.19. The summed E-state index contributed by atoms with van der Waals surface area (Å²) in [7, 11) is 0. The zero-order chi connectivity index (χ0) is 19.6. The van der Waals surface area contributed by atoms with Crippen LogP contribution in [0, 0.1) is 0 Å². The van der Waals surface area contributed by atoms with Gasteiger partial charge in [0.2, 0.25) is 5.91 Å². The van der Waals surface area contributed by atoms with Gasteiger partial charge in [0.25, 0.3) is 5.91 Å². The van der Waals surface area contributed by atoms with E-state index in [9.17, 15) is 14.4 Å². The quantitative estimate of drug-likeness (QED) is 0.781. The van der Waals surface area contributed by atoms with E-state index < -0.39 is 17.5 Å². The Bertz CT molecular complexity index is 890. The highest BCUT2D eigenvalue weighted by atomic mass is 16.5. The number of urea groups is 1. The first-order valence-electron chi connectivity index (χ1n) is 9.33. The molecule has 7 heteroatoms. The molecule has 1 aliphatic carbocycles. The molecule has 28 heavy (non-hydrogen) atoms. The fourth-order valence-corrected chi connectivity index (χ4v) is 3.71. The molecule has 1 heterocycles. The van der Waals surface area contributed by atoms with Crippen molar-refractivity contribution in [3.8, 4) is 11.5 Å². The van der Waals surface area contributed by atoms with Gasteiger partial charge in [0.15, 0.2) is 0 Å². The zero-order valence-electron chi connectivity index (χ0n) is 15.3. The van der Waals surface area contributed by atoms with Crippen LogP contribution in [0.3, 0.4) is 0 Å². The molecule has 1 saturated heterocycles. The highest BCUT2D eigenvalue weighted by molar-refractivity contribution is 6.10. The van der Waals surface area contributed by atoms with Crippen LogP contribution < -0.4 is 15.4 Å². The van der Waals surface area contributed by atoms with Gasteiger partial charge >= 0.3 is 6.03 Å². The van der Waals surface area contributed by atoms with Gasteiger partial charge in [-0.05, 0) is 49.2 Å². The Morgan fingerprint density at radius 1 is 1.00 bits per heavy atom. The van der Waals surface area contributed by atoms with E-state index in [1.54, 1.807) is 24.3 Å². The topological polar surface area (TPSA) is 87.7 Å². The number of benzene rings is 2. The Morgan fingerprint density at radius 2 is 1.64 bits per heavy atom. The fraction of sp³-hybridized carbons (Fsp3) is 0.286. The van der Waals surface area contributed by atoms with Crippen molar-refractivity contribution in [3.63, 3.8) is 0 Å². The monoisotopic (exact) mass is 379 g/mol. The van der Waals surface area contributed by atoms with Crippen LogP contribution in [0.1, 0.15) is 25.7 Å². The van der Waals surface area contributed by atoms with E-state index in [0.717, 1.165) is 23.5 Å². The number of carbonyl (C=O) groups is 3. The molecule has 0 bridgehead atoms. The van der Waals surface area contributed by atoms with E-state index in [1.165, 1.54) is 0 Å². The lowest BCUT2D eigenvalue weighted by molar-refractivity contribution is -0.133. The average molecular weight is 379 g/mol. The van der Waals surface area contributed by atoms with Gasteiger partial charge in [-0.15, -0.1) is 0 Å². The second kappa shape index (κ2) is 7.34. The summed E-state index contributed by atoms with van der Waals surface area (Å²) in [6.45, 7) is -0.297. The number of ether oxygens (including phenoxy) is 1. The Balaban J connectivity index is 1.35. The van der Waals surface area contributed by atoms with Crippen LogP contribution in [0.25, 0.3) is 0 Å². The van der Waals surface area contributed by atoms with E-state index >= 15 is 0 Å². The molecule has 1 aliphatic heterocycles. The number of hydrogen-bond acceptors (Lipinski definition) is 4. The number of hydrogen-bond donors (Lipinski definition) is 2. The number of anilines is 1. The first-order chi connectivity index (χ1) is 13.6. The lowest BCUT2D eigenvalue weighted by Crippen LogP contribution is -2.44. The smallest absolute Gasteiger partial charge is 0.325 e. The number of nitrogens with zero attached hydrogens (tertiary/aromatic N) is 1. The zero-order valence-corrected chi connectivity index (χ0v) is 15.3. The maximum absolute atomic E-state index is 12.6. The Kier molecular flexibility index (Phi) is 4.73. The van der Waals surface area contributed by atoms with Crippen LogP contribution in [-0.2, 0) is 9.59 Å². The molecule has 144 valence electrons. The summed E-state index contributed by atoms with van der Waals surface area (Å²) in [5.41, 5.74) is -0.235. The Labute approximate surface area is 162 Å². The van der Waals surface area contributed by atoms with Crippen LogP contribution >= 0.6 is 0 Å². The van der Waals surface area contributed by atoms with Gasteiger partial charge in [-0.3, -0.25) is 14.5 Å². The molecule has 2 aromatic carbocycles. The summed E-state index contributed by atoms with van der Waals surface area (Å²) in [4.78, 5) is 38.1. The number of carbonyl (C=O) groups excluding carboxylic acids is 3. The summed E-state index contributed by atoms with van der Waals surface area (Å²) in [6.07, 6.45) is 3.09. The molecule has 4 amide bonds. The molecule has 1 saturated carbocycles. The van der Waals surface area contributed by atoms with Gasteiger partial charge in [-0.2, -0.15) is 0 Å². The maximum atomic E-state index is 12.6. The van der Waals surface area contributed by atoms with Gasteiger partial charge in [0.05, 0.1) is 0 Å². The molecule has 0 aromatic heterocycles. The number of para-hydroxylation sites is 1. The van der Waals surface area contributed by atoms with Crippen LogP contribution in [0.5, 0.6) is 11.5 Å².